The molecule has 0 unspecified atom stereocenters. The zero-order valence-electron chi connectivity index (χ0n) is 15.4. The van der Waals surface area contributed by atoms with Crippen LogP contribution in [-0.2, 0) is 11.3 Å². The number of likely N-dealkylation sites (tertiary alicyclic amines) is 1. The lowest BCUT2D eigenvalue weighted by atomic mass is 9.73. The molecule has 1 N–H and O–H groups in total. The standard InChI is InChI=1S/C21H22FNO4/c1-13-6-7-14(17(22)8-13)9-23-10-16-15-4-3-5-18(26-2)19(15)27-12-21(16,11-23)20(24)25/h3-8,16H,9-12H2,1-2H3,(H,24,25)/t16-,21-/m1/s1. The van der Waals surface area contributed by atoms with Crippen LogP contribution in [-0.4, -0.2) is 42.8 Å². The first-order chi connectivity index (χ1) is 12.9. The van der Waals surface area contributed by atoms with Gasteiger partial charge in [-0.05, 0) is 24.6 Å². The second-order valence-electron chi connectivity index (χ2n) is 7.45. The Morgan fingerprint density at radius 2 is 2.22 bits per heavy atom. The molecule has 0 saturated carbocycles. The number of hydrogen-bond acceptors (Lipinski definition) is 4. The summed E-state index contributed by atoms with van der Waals surface area (Å²) in [5.74, 6) is -0.150. The van der Waals surface area contributed by atoms with E-state index in [1.54, 1.807) is 19.2 Å². The molecule has 2 heterocycles. The zero-order valence-corrected chi connectivity index (χ0v) is 15.4. The molecule has 2 aromatic rings. The number of halogens is 1. The number of fused-ring (bicyclic) bond motifs is 3. The quantitative estimate of drug-likeness (QED) is 0.894. The number of ether oxygens (including phenoxy) is 2. The minimum atomic E-state index is -1.04. The highest BCUT2D eigenvalue weighted by Crippen LogP contribution is 2.52. The molecule has 5 nitrogen and oxygen atoms in total. The average Bonchev–Trinajstić information content (AvgIpc) is 3.03. The summed E-state index contributed by atoms with van der Waals surface area (Å²) in [4.78, 5) is 14.2. The smallest absolute Gasteiger partial charge is 0.315 e. The molecule has 0 spiro atoms. The van der Waals surface area contributed by atoms with Crippen molar-refractivity contribution in [2.24, 2.45) is 5.41 Å². The molecule has 142 valence electrons. The number of carboxylic acid groups (broad SMARTS) is 1. The second kappa shape index (κ2) is 6.53. The lowest BCUT2D eigenvalue weighted by Crippen LogP contribution is -2.45. The van der Waals surface area contributed by atoms with Crippen molar-refractivity contribution in [3.05, 3.63) is 58.9 Å². The molecule has 0 aromatic heterocycles. The normalized spacial score (nSPS) is 24.0. The van der Waals surface area contributed by atoms with Gasteiger partial charge in [-0.3, -0.25) is 9.69 Å². The van der Waals surface area contributed by atoms with Crippen molar-refractivity contribution in [1.29, 1.82) is 0 Å². The van der Waals surface area contributed by atoms with Crippen molar-refractivity contribution in [1.82, 2.24) is 4.90 Å². The van der Waals surface area contributed by atoms with Gasteiger partial charge < -0.3 is 14.6 Å². The number of methoxy groups -OCH3 is 1. The molecule has 2 aliphatic rings. The van der Waals surface area contributed by atoms with E-state index in [9.17, 15) is 14.3 Å². The Hall–Kier alpha value is -2.60. The van der Waals surface area contributed by atoms with Gasteiger partial charge in [-0.15, -0.1) is 0 Å². The molecule has 2 aromatic carbocycles. The van der Waals surface area contributed by atoms with Gasteiger partial charge >= 0.3 is 5.97 Å². The lowest BCUT2D eigenvalue weighted by Gasteiger charge is -2.36. The molecule has 2 aliphatic heterocycles. The van der Waals surface area contributed by atoms with E-state index in [1.165, 1.54) is 6.07 Å². The van der Waals surface area contributed by atoms with Crippen LogP contribution in [0.1, 0.15) is 22.6 Å². The minimum absolute atomic E-state index is 0.0766. The van der Waals surface area contributed by atoms with Crippen molar-refractivity contribution in [3.63, 3.8) is 0 Å². The van der Waals surface area contributed by atoms with Gasteiger partial charge in [0.05, 0.1) is 7.11 Å². The van der Waals surface area contributed by atoms with Crippen LogP contribution >= 0.6 is 0 Å². The number of rotatable bonds is 4. The fourth-order valence-electron chi connectivity index (χ4n) is 4.29. The number of carboxylic acids is 1. The predicted molar refractivity (Wildman–Crippen MR) is 97.7 cm³/mol. The summed E-state index contributed by atoms with van der Waals surface area (Å²) in [5.41, 5.74) is 1.24. The molecule has 6 heteroatoms. The van der Waals surface area contributed by atoms with E-state index >= 15 is 0 Å². The van der Waals surface area contributed by atoms with Gasteiger partial charge in [-0.2, -0.15) is 0 Å². The Morgan fingerprint density at radius 1 is 1.41 bits per heavy atom. The molecule has 0 aliphatic carbocycles. The first kappa shape index (κ1) is 17.8. The molecular weight excluding hydrogens is 349 g/mol. The topological polar surface area (TPSA) is 59.0 Å². The molecule has 0 amide bonds. The summed E-state index contributed by atoms with van der Waals surface area (Å²) in [6, 6.07) is 10.7. The number of para-hydroxylation sites is 1. The van der Waals surface area contributed by atoms with Crippen LogP contribution in [0.4, 0.5) is 4.39 Å². The monoisotopic (exact) mass is 371 g/mol. The average molecular weight is 371 g/mol. The minimum Gasteiger partial charge on any atom is -0.493 e. The van der Waals surface area contributed by atoms with Crippen molar-refractivity contribution in [2.75, 3.05) is 26.8 Å². The van der Waals surface area contributed by atoms with Gasteiger partial charge in [0.15, 0.2) is 11.5 Å². The maximum Gasteiger partial charge on any atom is 0.315 e. The van der Waals surface area contributed by atoms with E-state index in [0.29, 0.717) is 36.7 Å². The number of benzene rings is 2. The second-order valence-corrected chi connectivity index (χ2v) is 7.45. The van der Waals surface area contributed by atoms with Crippen molar-refractivity contribution in [3.8, 4) is 11.5 Å². The summed E-state index contributed by atoms with van der Waals surface area (Å²) >= 11 is 0. The van der Waals surface area contributed by atoms with Crippen molar-refractivity contribution >= 4 is 5.97 Å². The Bertz CT molecular complexity index is 900. The third-order valence-electron chi connectivity index (χ3n) is 5.72. The molecule has 1 saturated heterocycles. The van der Waals surface area contributed by atoms with Crippen LogP contribution in [0, 0.1) is 18.2 Å². The first-order valence-electron chi connectivity index (χ1n) is 8.95. The van der Waals surface area contributed by atoms with Crippen LogP contribution in [0.3, 0.4) is 0 Å². The van der Waals surface area contributed by atoms with Gasteiger partial charge in [-0.25, -0.2) is 4.39 Å². The summed E-state index contributed by atoms with van der Waals surface area (Å²) in [6.45, 7) is 3.14. The number of hydrogen-bond donors (Lipinski definition) is 1. The van der Waals surface area contributed by atoms with E-state index in [4.69, 9.17) is 9.47 Å². The van der Waals surface area contributed by atoms with E-state index in [0.717, 1.165) is 11.1 Å². The SMILES string of the molecule is COc1cccc2c1OC[C@]1(C(=O)O)CN(Cc3ccc(C)cc3F)C[C@H]21. The third-order valence-corrected chi connectivity index (χ3v) is 5.72. The van der Waals surface area contributed by atoms with Gasteiger partial charge in [-0.1, -0.05) is 24.3 Å². The highest BCUT2D eigenvalue weighted by atomic mass is 19.1. The highest BCUT2D eigenvalue weighted by Gasteiger charge is 2.56. The largest absolute Gasteiger partial charge is 0.493 e. The molecule has 27 heavy (non-hydrogen) atoms. The van der Waals surface area contributed by atoms with Gasteiger partial charge in [0.2, 0.25) is 0 Å². The maximum absolute atomic E-state index is 14.3. The molecule has 4 rings (SSSR count). The van der Waals surface area contributed by atoms with E-state index in [1.807, 2.05) is 30.0 Å². The van der Waals surface area contributed by atoms with Gasteiger partial charge in [0.1, 0.15) is 17.8 Å². The molecule has 0 bridgehead atoms. The molecular formula is C21H22FNO4. The number of nitrogens with zero attached hydrogens (tertiary/aromatic N) is 1. The van der Waals surface area contributed by atoms with Crippen molar-refractivity contribution < 1.29 is 23.8 Å². The molecule has 1 fully saturated rings. The van der Waals surface area contributed by atoms with Crippen LogP contribution in [0.15, 0.2) is 36.4 Å². The Kier molecular flexibility index (Phi) is 4.30. The van der Waals surface area contributed by atoms with Crippen LogP contribution in [0.2, 0.25) is 0 Å². The molecule has 2 atom stereocenters. The maximum atomic E-state index is 14.3. The van der Waals surface area contributed by atoms with Gasteiger partial charge in [0, 0.05) is 36.7 Å². The first-order valence-corrected chi connectivity index (χ1v) is 8.95. The van der Waals surface area contributed by atoms with Crippen LogP contribution in [0.25, 0.3) is 0 Å². The number of carbonyl (C=O) groups is 1. The Labute approximate surface area is 157 Å². The van der Waals surface area contributed by atoms with E-state index < -0.39 is 11.4 Å². The summed E-state index contributed by atoms with van der Waals surface area (Å²) in [6.07, 6.45) is 0. The van der Waals surface area contributed by atoms with Crippen LogP contribution in [0.5, 0.6) is 11.5 Å². The fraction of sp³-hybridized carbons (Fsp3) is 0.381. The fourth-order valence-corrected chi connectivity index (χ4v) is 4.29. The zero-order chi connectivity index (χ0) is 19.2. The van der Waals surface area contributed by atoms with E-state index in [-0.39, 0.29) is 18.3 Å². The summed E-state index contributed by atoms with van der Waals surface area (Å²) < 4.78 is 25.5. The number of aliphatic carboxylic acids is 1. The van der Waals surface area contributed by atoms with E-state index in [2.05, 4.69) is 0 Å². The van der Waals surface area contributed by atoms with Crippen molar-refractivity contribution in [2.45, 2.75) is 19.4 Å². The van der Waals surface area contributed by atoms with Crippen LogP contribution < -0.4 is 9.47 Å². The third kappa shape index (κ3) is 2.84. The Balaban J connectivity index is 1.68. The lowest BCUT2D eigenvalue weighted by molar-refractivity contribution is -0.152. The number of aryl methyl sites for hydroxylation is 1. The predicted octanol–water partition coefficient (Wildman–Crippen LogP) is 3.21. The highest BCUT2D eigenvalue weighted by molar-refractivity contribution is 5.79. The van der Waals surface area contributed by atoms with Gasteiger partial charge in [0.25, 0.3) is 0 Å². The summed E-state index contributed by atoms with van der Waals surface area (Å²) in [7, 11) is 1.57. The Morgan fingerprint density at radius 3 is 2.93 bits per heavy atom. The molecule has 0 radical (unpaired) electrons. The summed E-state index contributed by atoms with van der Waals surface area (Å²) in [5, 5.41) is 10.0.